The second-order valence-corrected chi connectivity index (χ2v) is 7.36. The van der Waals surface area contributed by atoms with Gasteiger partial charge < -0.3 is 4.57 Å². The average Bonchev–Trinajstić information content (AvgIpc) is 3.11. The van der Waals surface area contributed by atoms with Gasteiger partial charge in [0.25, 0.3) is 0 Å². The molecule has 0 fully saturated rings. The SMILES string of the molecule is Cc1cccc2c3cccc(C)c3n(-c3ccc(C#N)c(-c4ccncc4)c3)c12. The molecule has 5 rings (SSSR count). The number of hydrogen-bond acceptors (Lipinski definition) is 2. The van der Waals surface area contributed by atoms with Gasteiger partial charge in [0.2, 0.25) is 0 Å². The van der Waals surface area contributed by atoms with E-state index in [1.165, 1.54) is 32.9 Å². The van der Waals surface area contributed by atoms with Crippen LogP contribution in [0.4, 0.5) is 0 Å². The Bertz CT molecular complexity index is 1360. The van der Waals surface area contributed by atoms with Crippen LogP contribution in [-0.4, -0.2) is 9.55 Å². The fraction of sp³-hybridized carbons (Fsp3) is 0.0769. The third-order valence-corrected chi connectivity index (χ3v) is 5.59. The van der Waals surface area contributed by atoms with Gasteiger partial charge in [-0.05, 0) is 60.9 Å². The van der Waals surface area contributed by atoms with Crippen molar-refractivity contribution in [3.8, 4) is 22.9 Å². The molecule has 0 bridgehead atoms. The van der Waals surface area contributed by atoms with Crippen LogP contribution < -0.4 is 0 Å². The standard InChI is InChI=1S/C26H19N3/c1-17-5-3-7-22-23-8-4-6-18(2)26(23)29(25(17)22)21-10-9-20(16-27)24(15-21)19-11-13-28-14-12-19/h3-15H,1-2H3. The fourth-order valence-corrected chi connectivity index (χ4v) is 4.26. The number of nitrogens with zero attached hydrogens (tertiary/aromatic N) is 3. The number of aryl methyl sites for hydroxylation is 2. The minimum absolute atomic E-state index is 0.661. The van der Waals surface area contributed by atoms with E-state index in [-0.39, 0.29) is 0 Å². The Balaban J connectivity index is 1.91. The summed E-state index contributed by atoms with van der Waals surface area (Å²) < 4.78 is 2.33. The fourth-order valence-electron chi connectivity index (χ4n) is 4.26. The predicted molar refractivity (Wildman–Crippen MR) is 118 cm³/mol. The molecule has 3 nitrogen and oxygen atoms in total. The van der Waals surface area contributed by atoms with Gasteiger partial charge in [0.05, 0.1) is 22.7 Å². The number of para-hydroxylation sites is 2. The monoisotopic (exact) mass is 373 g/mol. The van der Waals surface area contributed by atoms with E-state index in [0.717, 1.165) is 16.8 Å². The van der Waals surface area contributed by atoms with Crippen LogP contribution in [0.5, 0.6) is 0 Å². The normalized spacial score (nSPS) is 11.1. The highest BCUT2D eigenvalue weighted by atomic mass is 15.0. The number of benzene rings is 3. The summed E-state index contributed by atoms with van der Waals surface area (Å²) in [7, 11) is 0. The van der Waals surface area contributed by atoms with Crippen LogP contribution in [0.15, 0.2) is 79.1 Å². The lowest BCUT2D eigenvalue weighted by Crippen LogP contribution is -1.98. The van der Waals surface area contributed by atoms with Crippen molar-refractivity contribution in [2.24, 2.45) is 0 Å². The van der Waals surface area contributed by atoms with Crippen LogP contribution in [0, 0.1) is 25.2 Å². The summed E-state index contributed by atoms with van der Waals surface area (Å²) in [5, 5.41) is 12.2. The van der Waals surface area contributed by atoms with Crippen LogP contribution >= 0.6 is 0 Å². The van der Waals surface area contributed by atoms with Gasteiger partial charge in [-0.2, -0.15) is 5.26 Å². The second kappa shape index (κ2) is 6.61. The van der Waals surface area contributed by atoms with E-state index >= 15 is 0 Å². The molecule has 5 aromatic rings. The third kappa shape index (κ3) is 2.61. The number of pyridine rings is 1. The van der Waals surface area contributed by atoms with Crippen LogP contribution in [0.1, 0.15) is 16.7 Å². The van der Waals surface area contributed by atoms with E-state index < -0.39 is 0 Å². The average molecular weight is 373 g/mol. The predicted octanol–water partition coefficient (Wildman–Crippen LogP) is 6.33. The van der Waals surface area contributed by atoms with Crippen molar-refractivity contribution in [2.75, 3.05) is 0 Å². The van der Waals surface area contributed by atoms with Crippen molar-refractivity contribution in [1.29, 1.82) is 5.26 Å². The molecule has 2 heterocycles. The Morgan fingerprint density at radius 2 is 1.41 bits per heavy atom. The van der Waals surface area contributed by atoms with Crippen molar-refractivity contribution in [1.82, 2.24) is 9.55 Å². The van der Waals surface area contributed by atoms with Crippen molar-refractivity contribution in [3.63, 3.8) is 0 Å². The van der Waals surface area contributed by atoms with E-state index in [1.54, 1.807) is 12.4 Å². The summed E-state index contributed by atoms with van der Waals surface area (Å²) in [4.78, 5) is 4.12. The second-order valence-electron chi connectivity index (χ2n) is 7.36. The van der Waals surface area contributed by atoms with Crippen molar-refractivity contribution < 1.29 is 0 Å². The number of hydrogen-bond donors (Lipinski definition) is 0. The van der Waals surface area contributed by atoms with Crippen LogP contribution in [0.3, 0.4) is 0 Å². The third-order valence-electron chi connectivity index (χ3n) is 5.59. The first-order chi connectivity index (χ1) is 14.2. The Kier molecular flexibility index (Phi) is 3.93. The maximum atomic E-state index is 9.66. The van der Waals surface area contributed by atoms with Crippen LogP contribution in [0.2, 0.25) is 0 Å². The molecule has 0 aliphatic rings. The molecular weight excluding hydrogens is 354 g/mol. The molecule has 3 aromatic carbocycles. The molecule has 2 aromatic heterocycles. The largest absolute Gasteiger partial charge is 0.309 e. The van der Waals surface area contributed by atoms with Crippen molar-refractivity contribution >= 4 is 21.8 Å². The van der Waals surface area contributed by atoms with Gasteiger partial charge in [0, 0.05) is 34.4 Å². The van der Waals surface area contributed by atoms with E-state index in [2.05, 4.69) is 71.9 Å². The summed E-state index contributed by atoms with van der Waals surface area (Å²) >= 11 is 0. The smallest absolute Gasteiger partial charge is 0.0998 e. The van der Waals surface area contributed by atoms with E-state index in [1.807, 2.05) is 24.3 Å². The van der Waals surface area contributed by atoms with Gasteiger partial charge in [-0.3, -0.25) is 4.98 Å². The summed E-state index contributed by atoms with van der Waals surface area (Å²) in [6, 6.07) is 25.2. The van der Waals surface area contributed by atoms with Gasteiger partial charge in [-0.25, -0.2) is 0 Å². The van der Waals surface area contributed by atoms with Gasteiger partial charge in [0.1, 0.15) is 0 Å². The summed E-state index contributed by atoms with van der Waals surface area (Å²) in [5.74, 6) is 0. The molecule has 3 heteroatoms. The maximum Gasteiger partial charge on any atom is 0.0998 e. The van der Waals surface area contributed by atoms with E-state index in [0.29, 0.717) is 5.56 Å². The zero-order chi connectivity index (χ0) is 20.0. The number of nitriles is 1. The molecule has 29 heavy (non-hydrogen) atoms. The summed E-state index contributed by atoms with van der Waals surface area (Å²) in [5.41, 5.74) is 8.51. The molecule has 0 aliphatic heterocycles. The molecule has 0 radical (unpaired) electrons. The molecular formula is C26H19N3. The molecule has 0 saturated heterocycles. The quantitative estimate of drug-likeness (QED) is 0.362. The Hall–Kier alpha value is -3.90. The summed E-state index contributed by atoms with van der Waals surface area (Å²) in [6.07, 6.45) is 3.52. The van der Waals surface area contributed by atoms with E-state index in [4.69, 9.17) is 0 Å². The Morgan fingerprint density at radius 3 is 2.00 bits per heavy atom. The first kappa shape index (κ1) is 17.2. The molecule has 0 atom stereocenters. The molecule has 0 unspecified atom stereocenters. The lowest BCUT2D eigenvalue weighted by molar-refractivity contribution is 1.16. The molecule has 0 saturated carbocycles. The number of rotatable bonds is 2. The first-order valence-corrected chi connectivity index (χ1v) is 9.63. The summed E-state index contributed by atoms with van der Waals surface area (Å²) in [6.45, 7) is 4.31. The Morgan fingerprint density at radius 1 is 0.793 bits per heavy atom. The topological polar surface area (TPSA) is 41.6 Å². The van der Waals surface area contributed by atoms with E-state index in [9.17, 15) is 5.26 Å². The van der Waals surface area contributed by atoms with Gasteiger partial charge in [-0.1, -0.05) is 36.4 Å². The lowest BCUT2D eigenvalue weighted by Gasteiger charge is -2.13. The van der Waals surface area contributed by atoms with Crippen molar-refractivity contribution in [3.05, 3.63) is 95.8 Å². The highest BCUT2D eigenvalue weighted by Crippen LogP contribution is 2.36. The Labute approximate surface area is 169 Å². The molecule has 0 aliphatic carbocycles. The van der Waals surface area contributed by atoms with Crippen molar-refractivity contribution in [2.45, 2.75) is 13.8 Å². The van der Waals surface area contributed by atoms with Gasteiger partial charge in [0.15, 0.2) is 0 Å². The molecule has 138 valence electrons. The lowest BCUT2D eigenvalue weighted by atomic mass is 10.0. The van der Waals surface area contributed by atoms with Gasteiger partial charge in [-0.15, -0.1) is 0 Å². The highest BCUT2D eigenvalue weighted by Gasteiger charge is 2.16. The zero-order valence-electron chi connectivity index (χ0n) is 16.3. The molecule has 0 spiro atoms. The number of aromatic nitrogens is 2. The molecule has 0 N–H and O–H groups in total. The highest BCUT2D eigenvalue weighted by molar-refractivity contribution is 6.11. The number of fused-ring (bicyclic) bond motifs is 3. The van der Waals surface area contributed by atoms with Gasteiger partial charge >= 0.3 is 0 Å². The zero-order valence-corrected chi connectivity index (χ0v) is 16.3. The van der Waals surface area contributed by atoms with Crippen LogP contribution in [-0.2, 0) is 0 Å². The first-order valence-electron chi connectivity index (χ1n) is 9.63. The maximum absolute atomic E-state index is 9.66. The van der Waals surface area contributed by atoms with Crippen LogP contribution in [0.25, 0.3) is 38.6 Å². The molecule has 0 amide bonds. The minimum atomic E-state index is 0.661. The minimum Gasteiger partial charge on any atom is -0.309 e.